The molecule has 0 saturated carbocycles. The lowest BCUT2D eigenvalue weighted by atomic mass is 9.78. The molecule has 1 N–H and O–H groups in total. The Hall–Kier alpha value is -2.73. The summed E-state index contributed by atoms with van der Waals surface area (Å²) in [5.41, 5.74) is 3.27. The summed E-state index contributed by atoms with van der Waals surface area (Å²) in [6, 6.07) is 13.7. The molecule has 1 amide bonds. The number of fused-ring (bicyclic) bond motifs is 3. The minimum atomic E-state index is -0.414. The molecule has 27 heavy (non-hydrogen) atoms. The number of amides is 1. The molecule has 2 aromatic rings. The number of nitrogens with one attached hydrogen (secondary N) is 1. The summed E-state index contributed by atoms with van der Waals surface area (Å²) in [6.45, 7) is 2.35. The number of methoxy groups -OCH3 is 2. The van der Waals surface area contributed by atoms with E-state index in [0.29, 0.717) is 6.61 Å². The first-order valence-electron chi connectivity index (χ1n) is 9.17. The van der Waals surface area contributed by atoms with E-state index >= 15 is 0 Å². The number of para-hydroxylation sites is 1. The predicted molar refractivity (Wildman–Crippen MR) is 102 cm³/mol. The van der Waals surface area contributed by atoms with Crippen molar-refractivity contribution < 1.29 is 19.0 Å². The first-order valence-corrected chi connectivity index (χ1v) is 9.17. The number of hydrogen-bond acceptors (Lipinski definition) is 5. The van der Waals surface area contributed by atoms with E-state index in [4.69, 9.17) is 14.2 Å². The topological polar surface area (TPSA) is 60.0 Å². The van der Waals surface area contributed by atoms with Crippen molar-refractivity contribution in [3.63, 3.8) is 0 Å². The molecule has 1 saturated heterocycles. The summed E-state index contributed by atoms with van der Waals surface area (Å²) in [6.07, 6.45) is 0.580. The van der Waals surface area contributed by atoms with Crippen molar-refractivity contribution in [2.45, 2.75) is 12.5 Å². The largest absolute Gasteiger partial charge is 0.493 e. The third-order valence-electron chi connectivity index (χ3n) is 5.39. The number of carbonyl (C=O) groups excluding carboxylic acids is 1. The van der Waals surface area contributed by atoms with E-state index in [0.717, 1.165) is 36.7 Å². The van der Waals surface area contributed by atoms with Gasteiger partial charge in [-0.15, -0.1) is 0 Å². The van der Waals surface area contributed by atoms with Crippen molar-refractivity contribution in [2.75, 3.05) is 39.2 Å². The van der Waals surface area contributed by atoms with Gasteiger partial charge in [-0.05, 0) is 41.8 Å². The average Bonchev–Trinajstić information content (AvgIpc) is 2.67. The molecule has 2 heterocycles. The van der Waals surface area contributed by atoms with Crippen LogP contribution in [0.15, 0.2) is 42.5 Å². The Balaban J connectivity index is 1.42. The number of nitrogens with zero attached hydrogens (tertiary/aromatic N) is 1. The Morgan fingerprint density at radius 1 is 1.15 bits per heavy atom. The van der Waals surface area contributed by atoms with Crippen LogP contribution in [0.5, 0.6) is 11.5 Å². The van der Waals surface area contributed by atoms with Gasteiger partial charge in [-0.25, -0.2) is 4.79 Å². The number of ether oxygens (including phenoxy) is 3. The maximum atomic E-state index is 12.1. The first kappa shape index (κ1) is 17.7. The molecule has 0 radical (unpaired) electrons. The van der Waals surface area contributed by atoms with Gasteiger partial charge < -0.3 is 14.2 Å². The second-order valence-corrected chi connectivity index (χ2v) is 6.95. The first-order chi connectivity index (χ1) is 13.2. The Bertz CT molecular complexity index is 824. The van der Waals surface area contributed by atoms with Crippen LogP contribution in [-0.4, -0.2) is 44.9 Å². The summed E-state index contributed by atoms with van der Waals surface area (Å²) in [5, 5.41) is 2.76. The number of anilines is 1. The highest BCUT2D eigenvalue weighted by atomic mass is 16.5. The Morgan fingerprint density at radius 3 is 2.63 bits per heavy atom. The highest BCUT2D eigenvalue weighted by Crippen LogP contribution is 2.46. The van der Waals surface area contributed by atoms with E-state index in [9.17, 15) is 4.79 Å². The van der Waals surface area contributed by atoms with Gasteiger partial charge in [0.25, 0.3) is 0 Å². The molecule has 0 spiro atoms. The van der Waals surface area contributed by atoms with Crippen LogP contribution in [0.2, 0.25) is 0 Å². The van der Waals surface area contributed by atoms with E-state index in [2.05, 4.69) is 22.3 Å². The molecule has 2 atom stereocenters. The second kappa shape index (κ2) is 7.48. The van der Waals surface area contributed by atoms with Crippen molar-refractivity contribution in [3.8, 4) is 11.5 Å². The van der Waals surface area contributed by atoms with Crippen molar-refractivity contribution in [2.24, 2.45) is 5.92 Å². The molecule has 0 aliphatic carbocycles. The molecule has 4 rings (SSSR count). The van der Waals surface area contributed by atoms with E-state index in [1.165, 1.54) is 11.1 Å². The molecule has 0 bridgehead atoms. The van der Waals surface area contributed by atoms with Gasteiger partial charge in [-0.1, -0.05) is 18.2 Å². The monoisotopic (exact) mass is 368 g/mol. The lowest BCUT2D eigenvalue weighted by molar-refractivity contribution is -0.0275. The molecule has 0 aromatic heterocycles. The lowest BCUT2D eigenvalue weighted by Crippen LogP contribution is -2.54. The Labute approximate surface area is 159 Å². The van der Waals surface area contributed by atoms with Gasteiger partial charge in [0.15, 0.2) is 11.5 Å². The number of rotatable bonds is 5. The summed E-state index contributed by atoms with van der Waals surface area (Å²) in [5.74, 6) is 1.79. The van der Waals surface area contributed by atoms with Crippen LogP contribution in [-0.2, 0) is 11.2 Å². The molecule has 1 fully saturated rings. The van der Waals surface area contributed by atoms with E-state index < -0.39 is 6.09 Å². The van der Waals surface area contributed by atoms with Gasteiger partial charge in [0.1, 0.15) is 0 Å². The van der Waals surface area contributed by atoms with Gasteiger partial charge in [0, 0.05) is 30.7 Å². The van der Waals surface area contributed by atoms with Crippen molar-refractivity contribution >= 4 is 11.8 Å². The Kier molecular flexibility index (Phi) is 4.90. The zero-order valence-corrected chi connectivity index (χ0v) is 15.6. The zero-order chi connectivity index (χ0) is 18.8. The standard InChI is InChI=1S/C21H24N2O4/c1-25-18-10-14-8-9-23-12-15(20(23)17(14)11-19(18)26-2)13-27-21(24)22-16-6-4-3-5-7-16/h3-7,10-11,15,20H,8-9,12-13H2,1-2H3,(H,22,24)/t15-,20+/m0/s1. The van der Waals surface area contributed by atoms with Crippen molar-refractivity contribution in [3.05, 3.63) is 53.6 Å². The molecule has 6 heteroatoms. The van der Waals surface area contributed by atoms with Gasteiger partial charge in [-0.3, -0.25) is 10.2 Å². The minimum absolute atomic E-state index is 0.262. The summed E-state index contributed by atoms with van der Waals surface area (Å²) < 4.78 is 16.4. The Morgan fingerprint density at radius 2 is 1.89 bits per heavy atom. The summed E-state index contributed by atoms with van der Waals surface area (Å²) in [7, 11) is 3.31. The summed E-state index contributed by atoms with van der Waals surface area (Å²) >= 11 is 0. The molecular weight excluding hydrogens is 344 g/mol. The number of benzene rings is 2. The summed E-state index contributed by atoms with van der Waals surface area (Å²) in [4.78, 5) is 14.5. The second-order valence-electron chi connectivity index (χ2n) is 6.95. The third kappa shape index (κ3) is 3.45. The maximum absolute atomic E-state index is 12.1. The third-order valence-corrected chi connectivity index (χ3v) is 5.39. The molecule has 2 aliphatic rings. The zero-order valence-electron chi connectivity index (χ0n) is 15.6. The van der Waals surface area contributed by atoms with Crippen molar-refractivity contribution in [1.82, 2.24) is 4.90 Å². The van der Waals surface area contributed by atoms with Gasteiger partial charge in [0.05, 0.1) is 20.8 Å². The highest BCUT2D eigenvalue weighted by molar-refractivity contribution is 5.84. The van der Waals surface area contributed by atoms with Crippen LogP contribution < -0.4 is 14.8 Å². The van der Waals surface area contributed by atoms with Crippen LogP contribution in [0.25, 0.3) is 0 Å². The van der Waals surface area contributed by atoms with E-state index in [-0.39, 0.29) is 12.0 Å². The molecule has 6 nitrogen and oxygen atoms in total. The molecule has 2 aliphatic heterocycles. The van der Waals surface area contributed by atoms with Crippen LogP contribution >= 0.6 is 0 Å². The normalized spacial score (nSPS) is 20.7. The molecule has 0 unspecified atom stereocenters. The highest BCUT2D eigenvalue weighted by Gasteiger charge is 2.44. The lowest BCUT2D eigenvalue weighted by Gasteiger charge is -2.51. The number of carbonyl (C=O) groups is 1. The van der Waals surface area contributed by atoms with Crippen LogP contribution in [0.1, 0.15) is 17.2 Å². The number of hydrogen-bond donors (Lipinski definition) is 1. The average molecular weight is 368 g/mol. The SMILES string of the molecule is COc1cc2c(cc1OC)[C@H]1[C@H](COC(=O)Nc3ccccc3)CN1CC2. The van der Waals surface area contributed by atoms with Crippen LogP contribution in [0, 0.1) is 5.92 Å². The van der Waals surface area contributed by atoms with Crippen molar-refractivity contribution in [1.29, 1.82) is 0 Å². The molecular formula is C21H24N2O4. The van der Waals surface area contributed by atoms with Crippen LogP contribution in [0.3, 0.4) is 0 Å². The van der Waals surface area contributed by atoms with Gasteiger partial charge in [0.2, 0.25) is 0 Å². The molecule has 142 valence electrons. The fourth-order valence-corrected chi connectivity index (χ4v) is 4.05. The predicted octanol–water partition coefficient (Wildman–Crippen LogP) is 3.48. The van der Waals surface area contributed by atoms with Gasteiger partial charge >= 0.3 is 6.09 Å². The van der Waals surface area contributed by atoms with Gasteiger partial charge in [-0.2, -0.15) is 0 Å². The van der Waals surface area contributed by atoms with Crippen LogP contribution in [0.4, 0.5) is 10.5 Å². The molecule has 2 aromatic carbocycles. The minimum Gasteiger partial charge on any atom is -0.493 e. The smallest absolute Gasteiger partial charge is 0.411 e. The fraction of sp³-hybridized carbons (Fsp3) is 0.381. The quantitative estimate of drug-likeness (QED) is 0.876. The van der Waals surface area contributed by atoms with E-state index in [1.807, 2.05) is 30.3 Å². The maximum Gasteiger partial charge on any atom is 0.411 e. The van der Waals surface area contributed by atoms with E-state index in [1.54, 1.807) is 14.2 Å². The fourth-order valence-electron chi connectivity index (χ4n) is 4.05.